The lowest BCUT2D eigenvalue weighted by atomic mass is 9.95. The van der Waals surface area contributed by atoms with Crippen LogP contribution in [0.2, 0.25) is 0 Å². The van der Waals surface area contributed by atoms with Crippen LogP contribution in [0.5, 0.6) is 0 Å². The summed E-state index contributed by atoms with van der Waals surface area (Å²) in [5.74, 6) is 0.426. The third kappa shape index (κ3) is 3.86. The lowest BCUT2D eigenvalue weighted by Crippen LogP contribution is -2.38. The van der Waals surface area contributed by atoms with Gasteiger partial charge in [0.25, 0.3) is 0 Å². The average molecular weight is 309 g/mol. The Hall–Kier alpha value is -0.870. The van der Waals surface area contributed by atoms with Gasteiger partial charge in [0.2, 0.25) is 0 Å². The quantitative estimate of drug-likeness (QED) is 0.905. The summed E-state index contributed by atoms with van der Waals surface area (Å²) in [5, 5.41) is 3.16. The monoisotopic (exact) mass is 309 g/mol. The maximum Gasteiger partial charge on any atom is 0.181 e. The molecule has 1 aliphatic rings. The summed E-state index contributed by atoms with van der Waals surface area (Å²) in [4.78, 5) is 0.481. The number of hydrogen-bond donors (Lipinski definition) is 1. The van der Waals surface area contributed by atoms with E-state index in [1.807, 2.05) is 12.1 Å². The molecule has 0 aliphatic heterocycles. The van der Waals surface area contributed by atoms with Crippen molar-refractivity contribution in [2.75, 3.05) is 6.54 Å². The molecular weight excluding hydrogens is 282 g/mol. The van der Waals surface area contributed by atoms with Crippen LogP contribution < -0.4 is 5.32 Å². The molecule has 1 N–H and O–H groups in total. The van der Waals surface area contributed by atoms with Gasteiger partial charge in [-0.3, -0.25) is 0 Å². The first-order chi connectivity index (χ1) is 9.95. The molecule has 0 radical (unpaired) electrons. The fourth-order valence-electron chi connectivity index (χ4n) is 3.14. The van der Waals surface area contributed by atoms with E-state index in [1.165, 1.54) is 5.56 Å². The van der Waals surface area contributed by atoms with Crippen molar-refractivity contribution in [1.29, 1.82) is 0 Å². The van der Waals surface area contributed by atoms with Crippen LogP contribution >= 0.6 is 0 Å². The standard InChI is InChI=1S/C17H27NO2S/c1-4-18-15-6-5-7-17(12-15)21(19,20)16-10-8-14(9-11-16)13(2)3/h8-11,13,15,17-18H,4-7,12H2,1-3H3. The Bertz CT molecular complexity index is 547. The van der Waals surface area contributed by atoms with Crippen molar-refractivity contribution in [1.82, 2.24) is 5.32 Å². The normalized spacial score (nSPS) is 23.4. The molecule has 1 saturated carbocycles. The summed E-state index contributed by atoms with van der Waals surface area (Å²) < 4.78 is 25.6. The molecule has 0 aromatic heterocycles. The second-order valence-electron chi connectivity index (χ2n) is 6.31. The molecule has 0 saturated heterocycles. The highest BCUT2D eigenvalue weighted by molar-refractivity contribution is 7.92. The molecule has 0 spiro atoms. The van der Waals surface area contributed by atoms with Crippen LogP contribution in [0.25, 0.3) is 0 Å². The van der Waals surface area contributed by atoms with Crippen molar-refractivity contribution in [3.8, 4) is 0 Å². The summed E-state index contributed by atoms with van der Waals surface area (Å²) >= 11 is 0. The summed E-state index contributed by atoms with van der Waals surface area (Å²) in [5.41, 5.74) is 1.18. The van der Waals surface area contributed by atoms with Crippen LogP contribution in [0.4, 0.5) is 0 Å². The van der Waals surface area contributed by atoms with E-state index < -0.39 is 9.84 Å². The molecular formula is C17H27NO2S. The molecule has 1 aliphatic carbocycles. The second-order valence-corrected chi connectivity index (χ2v) is 8.54. The van der Waals surface area contributed by atoms with Crippen LogP contribution in [-0.4, -0.2) is 26.3 Å². The van der Waals surface area contributed by atoms with Crippen molar-refractivity contribution in [2.24, 2.45) is 0 Å². The average Bonchev–Trinajstić information content (AvgIpc) is 2.48. The summed E-state index contributed by atoms with van der Waals surface area (Å²) in [6.07, 6.45) is 3.61. The minimum absolute atomic E-state index is 0.236. The zero-order valence-corrected chi connectivity index (χ0v) is 14.1. The predicted molar refractivity (Wildman–Crippen MR) is 87.4 cm³/mol. The number of hydrogen-bond acceptors (Lipinski definition) is 3. The predicted octanol–water partition coefficient (Wildman–Crippen LogP) is 3.50. The molecule has 4 heteroatoms. The van der Waals surface area contributed by atoms with Crippen molar-refractivity contribution in [3.05, 3.63) is 29.8 Å². The van der Waals surface area contributed by atoms with E-state index in [4.69, 9.17) is 0 Å². The smallest absolute Gasteiger partial charge is 0.181 e. The highest BCUT2D eigenvalue weighted by atomic mass is 32.2. The maximum absolute atomic E-state index is 12.8. The van der Waals surface area contributed by atoms with E-state index in [0.29, 0.717) is 16.9 Å². The Kier molecular flexibility index (Phi) is 5.44. The van der Waals surface area contributed by atoms with Crippen molar-refractivity contribution in [2.45, 2.75) is 68.6 Å². The van der Waals surface area contributed by atoms with E-state index in [0.717, 1.165) is 32.2 Å². The van der Waals surface area contributed by atoms with Crippen LogP contribution in [0, 0.1) is 0 Å². The van der Waals surface area contributed by atoms with E-state index in [9.17, 15) is 8.42 Å². The van der Waals surface area contributed by atoms with Gasteiger partial charge in [0.15, 0.2) is 9.84 Å². The molecule has 0 heterocycles. The molecule has 2 unspecified atom stereocenters. The highest BCUT2D eigenvalue weighted by Crippen LogP contribution is 2.29. The minimum atomic E-state index is -3.20. The SMILES string of the molecule is CCNC1CCCC(S(=O)(=O)c2ccc(C(C)C)cc2)C1. The van der Waals surface area contributed by atoms with Crippen molar-refractivity contribution >= 4 is 9.84 Å². The number of sulfone groups is 1. The Morgan fingerprint density at radius 2 is 1.86 bits per heavy atom. The van der Waals surface area contributed by atoms with E-state index in [-0.39, 0.29) is 5.25 Å². The van der Waals surface area contributed by atoms with E-state index in [1.54, 1.807) is 12.1 Å². The topological polar surface area (TPSA) is 46.2 Å². The Labute approximate surface area is 129 Å². The Morgan fingerprint density at radius 3 is 2.43 bits per heavy atom. The van der Waals surface area contributed by atoms with E-state index in [2.05, 4.69) is 26.1 Å². The van der Waals surface area contributed by atoms with Crippen LogP contribution in [0.3, 0.4) is 0 Å². The van der Waals surface area contributed by atoms with Gasteiger partial charge in [-0.25, -0.2) is 8.42 Å². The molecule has 2 rings (SSSR count). The highest BCUT2D eigenvalue weighted by Gasteiger charge is 2.32. The van der Waals surface area contributed by atoms with Gasteiger partial charge in [0.05, 0.1) is 10.1 Å². The van der Waals surface area contributed by atoms with Gasteiger partial charge >= 0.3 is 0 Å². The van der Waals surface area contributed by atoms with Crippen LogP contribution in [-0.2, 0) is 9.84 Å². The van der Waals surface area contributed by atoms with Gasteiger partial charge < -0.3 is 5.32 Å². The fraction of sp³-hybridized carbons (Fsp3) is 0.647. The number of benzene rings is 1. The fourth-order valence-corrected chi connectivity index (χ4v) is 5.00. The lowest BCUT2D eigenvalue weighted by molar-refractivity contribution is 0.377. The molecule has 118 valence electrons. The Morgan fingerprint density at radius 1 is 1.19 bits per heavy atom. The first kappa shape index (κ1) is 16.5. The van der Waals surface area contributed by atoms with Crippen molar-refractivity contribution < 1.29 is 8.42 Å². The molecule has 2 atom stereocenters. The first-order valence-corrected chi connectivity index (χ1v) is 9.57. The lowest BCUT2D eigenvalue weighted by Gasteiger charge is -2.29. The molecule has 0 amide bonds. The number of nitrogens with one attached hydrogen (secondary N) is 1. The van der Waals surface area contributed by atoms with Crippen LogP contribution in [0.15, 0.2) is 29.2 Å². The van der Waals surface area contributed by atoms with E-state index >= 15 is 0 Å². The summed E-state index contributed by atoms with van der Waals surface area (Å²) in [6, 6.07) is 7.80. The van der Waals surface area contributed by atoms with Crippen LogP contribution in [0.1, 0.15) is 57.9 Å². The first-order valence-electron chi connectivity index (χ1n) is 8.02. The third-order valence-corrected chi connectivity index (χ3v) is 6.67. The van der Waals surface area contributed by atoms with Gasteiger partial charge in [-0.15, -0.1) is 0 Å². The molecule has 0 bridgehead atoms. The minimum Gasteiger partial charge on any atom is -0.314 e. The molecule has 1 aromatic carbocycles. The third-order valence-electron chi connectivity index (χ3n) is 4.43. The molecule has 1 fully saturated rings. The summed E-state index contributed by atoms with van der Waals surface area (Å²) in [6.45, 7) is 7.21. The maximum atomic E-state index is 12.8. The van der Waals surface area contributed by atoms with Gasteiger partial charge in [0, 0.05) is 6.04 Å². The molecule has 21 heavy (non-hydrogen) atoms. The zero-order chi connectivity index (χ0) is 15.5. The molecule has 3 nitrogen and oxygen atoms in total. The largest absolute Gasteiger partial charge is 0.314 e. The van der Waals surface area contributed by atoms with Gasteiger partial charge in [-0.1, -0.05) is 39.3 Å². The van der Waals surface area contributed by atoms with Crippen molar-refractivity contribution in [3.63, 3.8) is 0 Å². The number of rotatable bonds is 5. The zero-order valence-electron chi connectivity index (χ0n) is 13.3. The summed E-state index contributed by atoms with van der Waals surface area (Å²) in [7, 11) is -3.20. The van der Waals surface area contributed by atoms with Gasteiger partial charge in [-0.05, 0) is 49.4 Å². The van der Waals surface area contributed by atoms with Gasteiger partial charge in [0.1, 0.15) is 0 Å². The Balaban J connectivity index is 2.17. The second kappa shape index (κ2) is 6.93. The molecule has 1 aromatic rings. The van der Waals surface area contributed by atoms with Gasteiger partial charge in [-0.2, -0.15) is 0 Å².